The molecule has 0 fully saturated rings. The van der Waals surface area contributed by atoms with Crippen LogP contribution in [0.25, 0.3) is 5.65 Å². The first-order chi connectivity index (χ1) is 10.2. The molecule has 0 aliphatic carbocycles. The van der Waals surface area contributed by atoms with Crippen LogP contribution in [0.2, 0.25) is 0 Å². The van der Waals surface area contributed by atoms with Gasteiger partial charge >= 0.3 is 0 Å². The number of hydrogen-bond donors (Lipinski definition) is 2. The van der Waals surface area contributed by atoms with Gasteiger partial charge in [0.2, 0.25) is 0 Å². The van der Waals surface area contributed by atoms with E-state index in [4.69, 9.17) is 4.74 Å². The van der Waals surface area contributed by atoms with Gasteiger partial charge < -0.3 is 19.6 Å². The number of nitrogens with one attached hydrogen (secondary N) is 1. The fourth-order valence-corrected chi connectivity index (χ4v) is 2.47. The van der Waals surface area contributed by atoms with Crippen molar-refractivity contribution in [3.63, 3.8) is 0 Å². The third-order valence-electron chi connectivity index (χ3n) is 3.06. The molecule has 3 rings (SSSR count). The zero-order valence-corrected chi connectivity index (χ0v) is 12.8. The van der Waals surface area contributed by atoms with Crippen LogP contribution in [0.3, 0.4) is 0 Å². The Balaban J connectivity index is 2.00. The second-order valence-corrected chi connectivity index (χ2v) is 5.19. The molecule has 0 amide bonds. The Kier molecular flexibility index (Phi) is 3.76. The molecule has 1 aromatic carbocycles. The van der Waals surface area contributed by atoms with Crippen LogP contribution in [0.4, 0.5) is 11.5 Å². The minimum Gasteiger partial charge on any atom is -0.496 e. The van der Waals surface area contributed by atoms with Crippen LogP contribution in [0.5, 0.6) is 5.75 Å². The number of aromatic nitrogens is 3. The lowest BCUT2D eigenvalue weighted by molar-refractivity contribution is 0.274. The molecule has 0 aliphatic heterocycles. The third-order valence-corrected chi connectivity index (χ3v) is 3.45. The molecule has 0 saturated carbocycles. The number of ether oxygens (including phenoxy) is 1. The highest BCUT2D eigenvalue weighted by molar-refractivity contribution is 9.10. The molecule has 7 heteroatoms. The lowest BCUT2D eigenvalue weighted by Gasteiger charge is -2.11. The molecule has 2 aromatic heterocycles. The smallest absolute Gasteiger partial charge is 0.180 e. The molecule has 2 heterocycles. The van der Waals surface area contributed by atoms with Crippen molar-refractivity contribution in [2.24, 2.45) is 0 Å². The SMILES string of the molecule is COc1cc(Nc2nc(Br)cn3ccnc23)ccc1CO. The van der Waals surface area contributed by atoms with E-state index in [-0.39, 0.29) is 6.61 Å². The van der Waals surface area contributed by atoms with Crippen molar-refractivity contribution in [2.45, 2.75) is 6.61 Å². The van der Waals surface area contributed by atoms with Gasteiger partial charge in [0.1, 0.15) is 10.4 Å². The Labute approximate surface area is 129 Å². The van der Waals surface area contributed by atoms with E-state index in [9.17, 15) is 5.11 Å². The molecule has 6 nitrogen and oxygen atoms in total. The largest absolute Gasteiger partial charge is 0.496 e. The first-order valence-electron chi connectivity index (χ1n) is 6.25. The maximum Gasteiger partial charge on any atom is 0.180 e. The van der Waals surface area contributed by atoms with Crippen LogP contribution in [0.1, 0.15) is 5.56 Å². The van der Waals surface area contributed by atoms with E-state index in [0.29, 0.717) is 16.2 Å². The Hall–Kier alpha value is -2.12. The molecular formula is C14H13BrN4O2. The molecule has 0 unspecified atom stereocenters. The normalized spacial score (nSPS) is 10.8. The standard InChI is InChI=1S/C14H13BrN4O2/c1-21-11-6-10(3-2-9(11)8-20)17-13-14-16-4-5-19(14)7-12(15)18-13/h2-7,20H,8H2,1H3,(H,17,18). The first kappa shape index (κ1) is 13.8. The summed E-state index contributed by atoms with van der Waals surface area (Å²) in [6.45, 7) is -0.0664. The van der Waals surface area contributed by atoms with Crippen LogP contribution in [0, 0.1) is 0 Å². The summed E-state index contributed by atoms with van der Waals surface area (Å²) < 4.78 is 7.84. The quantitative estimate of drug-likeness (QED) is 0.758. The van der Waals surface area contributed by atoms with Crippen LogP contribution in [-0.4, -0.2) is 26.6 Å². The minimum absolute atomic E-state index is 0.0664. The number of rotatable bonds is 4. The second kappa shape index (κ2) is 5.71. The Morgan fingerprint density at radius 3 is 3.05 bits per heavy atom. The second-order valence-electron chi connectivity index (χ2n) is 4.38. The number of anilines is 2. The molecule has 2 N–H and O–H groups in total. The topological polar surface area (TPSA) is 71.7 Å². The van der Waals surface area contributed by atoms with E-state index in [1.807, 2.05) is 35.0 Å². The van der Waals surface area contributed by atoms with Gasteiger partial charge in [-0.25, -0.2) is 9.97 Å². The summed E-state index contributed by atoms with van der Waals surface area (Å²) in [5.74, 6) is 1.25. The van der Waals surface area contributed by atoms with Gasteiger partial charge in [0.25, 0.3) is 0 Å². The molecule has 0 spiro atoms. The number of fused-ring (bicyclic) bond motifs is 1. The van der Waals surface area contributed by atoms with Gasteiger partial charge in [0.15, 0.2) is 11.5 Å². The van der Waals surface area contributed by atoms with E-state index in [0.717, 1.165) is 16.9 Å². The summed E-state index contributed by atoms with van der Waals surface area (Å²) in [5.41, 5.74) is 2.26. The molecular weight excluding hydrogens is 336 g/mol. The van der Waals surface area contributed by atoms with Crippen LogP contribution >= 0.6 is 15.9 Å². The number of halogens is 1. The van der Waals surface area contributed by atoms with Crippen molar-refractivity contribution >= 4 is 33.1 Å². The van der Waals surface area contributed by atoms with Crippen LogP contribution in [-0.2, 0) is 6.61 Å². The van der Waals surface area contributed by atoms with Gasteiger partial charge in [-0.05, 0) is 22.0 Å². The van der Waals surface area contributed by atoms with E-state index in [2.05, 4.69) is 31.2 Å². The average Bonchev–Trinajstić information content (AvgIpc) is 2.95. The van der Waals surface area contributed by atoms with Crippen molar-refractivity contribution in [1.29, 1.82) is 0 Å². The van der Waals surface area contributed by atoms with E-state index >= 15 is 0 Å². The lowest BCUT2D eigenvalue weighted by atomic mass is 10.2. The zero-order valence-electron chi connectivity index (χ0n) is 11.2. The molecule has 21 heavy (non-hydrogen) atoms. The van der Waals surface area contributed by atoms with Crippen LogP contribution in [0.15, 0.2) is 41.4 Å². The van der Waals surface area contributed by atoms with Gasteiger partial charge in [-0.1, -0.05) is 6.07 Å². The molecule has 0 radical (unpaired) electrons. The van der Waals surface area contributed by atoms with E-state index < -0.39 is 0 Å². The number of imidazole rings is 1. The zero-order chi connectivity index (χ0) is 14.8. The summed E-state index contributed by atoms with van der Waals surface area (Å²) >= 11 is 3.37. The molecule has 0 saturated heterocycles. The first-order valence-corrected chi connectivity index (χ1v) is 7.04. The number of aliphatic hydroxyl groups is 1. The summed E-state index contributed by atoms with van der Waals surface area (Å²) in [4.78, 5) is 8.68. The van der Waals surface area contributed by atoms with Gasteiger partial charge in [-0.3, -0.25) is 0 Å². The highest BCUT2D eigenvalue weighted by atomic mass is 79.9. The fraction of sp³-hybridized carbons (Fsp3) is 0.143. The molecule has 0 aliphatic rings. The maximum absolute atomic E-state index is 9.25. The predicted octanol–water partition coefficient (Wildman–Crippen LogP) is 2.74. The molecule has 0 atom stereocenters. The summed E-state index contributed by atoms with van der Waals surface area (Å²) in [7, 11) is 1.57. The molecule has 108 valence electrons. The average molecular weight is 349 g/mol. The van der Waals surface area contributed by atoms with E-state index in [1.165, 1.54) is 0 Å². The lowest BCUT2D eigenvalue weighted by Crippen LogP contribution is -2.00. The van der Waals surface area contributed by atoms with Crippen molar-refractivity contribution in [1.82, 2.24) is 14.4 Å². The summed E-state index contributed by atoms with van der Waals surface area (Å²) in [6, 6.07) is 5.48. The fourth-order valence-electron chi connectivity index (χ4n) is 2.07. The third kappa shape index (κ3) is 2.70. The van der Waals surface area contributed by atoms with Gasteiger partial charge in [0, 0.05) is 35.9 Å². The number of hydrogen-bond acceptors (Lipinski definition) is 5. The van der Waals surface area contributed by atoms with Crippen molar-refractivity contribution in [2.75, 3.05) is 12.4 Å². The predicted molar refractivity (Wildman–Crippen MR) is 82.9 cm³/mol. The molecule has 0 bridgehead atoms. The van der Waals surface area contributed by atoms with Crippen molar-refractivity contribution < 1.29 is 9.84 Å². The summed E-state index contributed by atoms with van der Waals surface area (Å²) in [5, 5.41) is 12.5. The summed E-state index contributed by atoms with van der Waals surface area (Å²) in [6.07, 6.45) is 5.40. The van der Waals surface area contributed by atoms with Gasteiger partial charge in [-0.2, -0.15) is 0 Å². The van der Waals surface area contributed by atoms with Crippen molar-refractivity contribution in [3.8, 4) is 5.75 Å². The van der Waals surface area contributed by atoms with Crippen molar-refractivity contribution in [3.05, 3.63) is 47.0 Å². The van der Waals surface area contributed by atoms with Gasteiger partial charge in [-0.15, -0.1) is 0 Å². The number of nitrogens with zero attached hydrogens (tertiary/aromatic N) is 3. The number of aliphatic hydroxyl groups excluding tert-OH is 1. The maximum atomic E-state index is 9.25. The Morgan fingerprint density at radius 2 is 2.29 bits per heavy atom. The highest BCUT2D eigenvalue weighted by Crippen LogP contribution is 2.27. The Morgan fingerprint density at radius 1 is 1.43 bits per heavy atom. The minimum atomic E-state index is -0.0664. The monoisotopic (exact) mass is 348 g/mol. The molecule has 3 aromatic rings. The van der Waals surface area contributed by atoms with Crippen LogP contribution < -0.4 is 10.1 Å². The number of methoxy groups -OCH3 is 1. The van der Waals surface area contributed by atoms with Gasteiger partial charge in [0.05, 0.1) is 13.7 Å². The van der Waals surface area contributed by atoms with E-state index in [1.54, 1.807) is 13.3 Å². The Bertz CT molecular complexity index is 788. The highest BCUT2D eigenvalue weighted by Gasteiger charge is 2.09. The number of benzene rings is 1.